The van der Waals surface area contributed by atoms with Crippen LogP contribution >= 0.6 is 11.6 Å². The molecule has 2 aromatic carbocycles. The lowest BCUT2D eigenvalue weighted by Crippen LogP contribution is -2.32. The van der Waals surface area contributed by atoms with Gasteiger partial charge in [-0.15, -0.1) is 0 Å². The Kier molecular flexibility index (Phi) is 7.63. The second-order valence-corrected chi connectivity index (χ2v) is 8.71. The molecule has 3 unspecified atom stereocenters. The Morgan fingerprint density at radius 1 is 0.892 bits per heavy atom. The summed E-state index contributed by atoms with van der Waals surface area (Å²) in [5.74, 6) is -6.88. The third-order valence-corrected chi connectivity index (χ3v) is 6.03. The molecule has 3 N–H and O–H groups in total. The Balaban J connectivity index is 1.51. The number of benzene rings is 2. The number of hydrogen-bond acceptors (Lipinski definition) is 4. The van der Waals surface area contributed by atoms with Crippen LogP contribution in [0.15, 0.2) is 71.7 Å². The number of carbonyl (C=O) groups excluding carboxylic acids is 3. The van der Waals surface area contributed by atoms with Gasteiger partial charge in [0.2, 0.25) is 17.7 Å². The maximum atomic E-state index is 14.8. The van der Waals surface area contributed by atoms with Crippen LogP contribution in [-0.4, -0.2) is 35.3 Å². The van der Waals surface area contributed by atoms with E-state index < -0.39 is 54.3 Å². The highest BCUT2D eigenvalue weighted by Crippen LogP contribution is 2.48. The first-order valence-corrected chi connectivity index (χ1v) is 11.4. The predicted molar refractivity (Wildman–Crippen MR) is 130 cm³/mol. The Hall–Kier alpha value is -4.12. The molecule has 0 aliphatic heterocycles. The molecule has 1 saturated carbocycles. The van der Waals surface area contributed by atoms with E-state index in [2.05, 4.69) is 10.6 Å². The number of hydrogen-bond donors (Lipinski definition) is 3. The number of carbonyl (C=O) groups is 3. The quantitative estimate of drug-likeness (QED) is 0.413. The molecule has 3 amide bonds. The summed E-state index contributed by atoms with van der Waals surface area (Å²) in [7, 11) is 0. The number of anilines is 2. The molecule has 1 aliphatic rings. The normalized spacial score (nSPS) is 18.2. The maximum absolute atomic E-state index is 14.8. The lowest BCUT2D eigenvalue weighted by atomic mass is 10.2. The number of rotatable bonds is 8. The van der Waals surface area contributed by atoms with Gasteiger partial charge in [0.25, 0.3) is 12.0 Å². The second-order valence-electron chi connectivity index (χ2n) is 8.27. The SMILES string of the molecule is O=C(NCC(F)F)C1C(C(=O)Nc2ccc(Cl)cc2)C1C(=O)Nc1ccc(-n2ccccc2=O)cc1F. The van der Waals surface area contributed by atoms with Gasteiger partial charge in [-0.05, 0) is 42.5 Å². The van der Waals surface area contributed by atoms with Crippen LogP contribution in [0.25, 0.3) is 5.69 Å². The zero-order chi connectivity index (χ0) is 26.7. The zero-order valence-electron chi connectivity index (χ0n) is 19.0. The van der Waals surface area contributed by atoms with E-state index in [0.29, 0.717) is 10.7 Å². The highest BCUT2D eigenvalue weighted by atomic mass is 35.5. The number of nitrogens with one attached hydrogen (secondary N) is 3. The standard InChI is InChI=1S/C25H20ClF3N4O4/c26-13-4-6-14(7-5-13)31-24(36)21-20(23(35)30-12-18(28)29)22(21)25(37)32-17-9-8-15(11-16(17)27)33-10-2-1-3-19(33)34/h1-11,18,20-22H,12H2,(H,30,35)(H,31,36)(H,32,37). The zero-order valence-corrected chi connectivity index (χ0v) is 19.7. The summed E-state index contributed by atoms with van der Waals surface area (Å²) in [6, 6.07) is 14.2. The van der Waals surface area contributed by atoms with Crippen LogP contribution in [0.1, 0.15) is 0 Å². The minimum atomic E-state index is -2.82. The molecule has 12 heteroatoms. The van der Waals surface area contributed by atoms with Gasteiger partial charge in [-0.2, -0.15) is 0 Å². The van der Waals surface area contributed by atoms with Gasteiger partial charge in [-0.25, -0.2) is 13.2 Å². The number of amides is 3. The van der Waals surface area contributed by atoms with Crippen molar-refractivity contribution in [3.05, 3.63) is 88.1 Å². The van der Waals surface area contributed by atoms with Gasteiger partial charge in [0.1, 0.15) is 5.82 Å². The van der Waals surface area contributed by atoms with Crippen molar-refractivity contribution in [1.82, 2.24) is 9.88 Å². The monoisotopic (exact) mass is 532 g/mol. The minimum absolute atomic E-state index is 0.219. The van der Waals surface area contributed by atoms with Gasteiger partial charge >= 0.3 is 0 Å². The Morgan fingerprint density at radius 2 is 1.54 bits per heavy atom. The van der Waals surface area contributed by atoms with Crippen LogP contribution < -0.4 is 21.5 Å². The smallest absolute Gasteiger partial charge is 0.255 e. The molecule has 1 fully saturated rings. The summed E-state index contributed by atoms with van der Waals surface area (Å²) in [5.41, 5.74) is -0.0564. The molecule has 8 nitrogen and oxygen atoms in total. The van der Waals surface area contributed by atoms with E-state index in [-0.39, 0.29) is 16.9 Å². The highest BCUT2D eigenvalue weighted by molar-refractivity contribution is 6.30. The average Bonchev–Trinajstić information content (AvgIpc) is 3.62. The van der Waals surface area contributed by atoms with E-state index >= 15 is 0 Å². The Morgan fingerprint density at radius 3 is 2.16 bits per heavy atom. The van der Waals surface area contributed by atoms with Crippen molar-refractivity contribution < 1.29 is 27.6 Å². The first kappa shape index (κ1) is 26.0. The number of halogens is 4. The number of nitrogens with zero attached hydrogens (tertiary/aromatic N) is 1. The first-order valence-electron chi connectivity index (χ1n) is 11.1. The summed E-state index contributed by atoms with van der Waals surface area (Å²) in [6.07, 6.45) is -1.37. The van der Waals surface area contributed by atoms with Gasteiger partial charge in [0, 0.05) is 29.0 Å². The van der Waals surface area contributed by atoms with Crippen molar-refractivity contribution >= 4 is 40.7 Å². The van der Waals surface area contributed by atoms with Crippen molar-refractivity contribution in [2.24, 2.45) is 17.8 Å². The molecule has 192 valence electrons. The van der Waals surface area contributed by atoms with Crippen LogP contribution in [0.2, 0.25) is 5.02 Å². The van der Waals surface area contributed by atoms with E-state index in [4.69, 9.17) is 11.6 Å². The first-order chi connectivity index (χ1) is 17.7. The van der Waals surface area contributed by atoms with Gasteiger partial charge in [-0.1, -0.05) is 17.7 Å². The summed E-state index contributed by atoms with van der Waals surface area (Å²) in [5, 5.41) is 7.35. The third kappa shape index (κ3) is 6.00. The molecule has 1 aromatic heterocycles. The van der Waals surface area contributed by atoms with Crippen LogP contribution in [0.3, 0.4) is 0 Å². The van der Waals surface area contributed by atoms with Crippen molar-refractivity contribution in [2.45, 2.75) is 6.43 Å². The fraction of sp³-hybridized carbons (Fsp3) is 0.200. The largest absolute Gasteiger partial charge is 0.350 e. The number of pyridine rings is 1. The molecule has 0 bridgehead atoms. The lowest BCUT2D eigenvalue weighted by molar-refractivity contribution is -0.126. The average molecular weight is 533 g/mol. The van der Waals surface area contributed by atoms with Gasteiger partial charge < -0.3 is 16.0 Å². The van der Waals surface area contributed by atoms with Crippen LogP contribution in [0.4, 0.5) is 24.5 Å². The van der Waals surface area contributed by atoms with Crippen LogP contribution in [0, 0.1) is 23.6 Å². The Bertz CT molecular complexity index is 1400. The lowest BCUT2D eigenvalue weighted by Gasteiger charge is -2.10. The molecule has 0 saturated heterocycles. The van der Waals surface area contributed by atoms with Crippen LogP contribution in [-0.2, 0) is 14.4 Å². The topological polar surface area (TPSA) is 109 Å². The van der Waals surface area contributed by atoms with E-state index in [1.807, 2.05) is 5.32 Å². The number of aromatic nitrogens is 1. The van der Waals surface area contributed by atoms with Gasteiger partial charge in [0.05, 0.1) is 35.7 Å². The summed E-state index contributed by atoms with van der Waals surface area (Å²) >= 11 is 5.83. The molecule has 3 aromatic rings. The highest BCUT2D eigenvalue weighted by Gasteiger charge is 2.62. The van der Waals surface area contributed by atoms with Crippen molar-refractivity contribution in [1.29, 1.82) is 0 Å². The van der Waals surface area contributed by atoms with E-state index in [0.717, 1.165) is 6.07 Å². The molecule has 1 heterocycles. The van der Waals surface area contributed by atoms with Crippen molar-refractivity contribution in [3.8, 4) is 5.69 Å². The summed E-state index contributed by atoms with van der Waals surface area (Å²) in [6.45, 7) is -0.940. The fourth-order valence-electron chi connectivity index (χ4n) is 3.96. The second kappa shape index (κ2) is 10.9. The molecule has 0 radical (unpaired) electrons. The molecule has 4 rings (SSSR count). The molecule has 1 aliphatic carbocycles. The predicted octanol–water partition coefficient (Wildman–Crippen LogP) is 3.45. The molecule has 3 atom stereocenters. The maximum Gasteiger partial charge on any atom is 0.255 e. The molecular weight excluding hydrogens is 513 g/mol. The Labute approximate surface area is 213 Å². The van der Waals surface area contributed by atoms with E-state index in [9.17, 15) is 32.3 Å². The molecule has 0 spiro atoms. The molecular formula is C25H20ClF3N4O4. The molecule has 37 heavy (non-hydrogen) atoms. The van der Waals surface area contributed by atoms with Crippen molar-refractivity contribution in [2.75, 3.05) is 17.2 Å². The summed E-state index contributed by atoms with van der Waals surface area (Å²) in [4.78, 5) is 50.2. The van der Waals surface area contributed by atoms with Gasteiger partial charge in [-0.3, -0.25) is 23.7 Å². The fourth-order valence-corrected chi connectivity index (χ4v) is 4.08. The minimum Gasteiger partial charge on any atom is -0.350 e. The van der Waals surface area contributed by atoms with Crippen molar-refractivity contribution in [3.63, 3.8) is 0 Å². The third-order valence-electron chi connectivity index (χ3n) is 5.78. The summed E-state index contributed by atoms with van der Waals surface area (Å²) < 4.78 is 41.1. The van der Waals surface area contributed by atoms with Gasteiger partial charge in [0.15, 0.2) is 0 Å². The van der Waals surface area contributed by atoms with E-state index in [1.165, 1.54) is 59.3 Å². The van der Waals surface area contributed by atoms with E-state index in [1.54, 1.807) is 6.07 Å². The number of alkyl halides is 2. The van der Waals surface area contributed by atoms with Crippen LogP contribution in [0.5, 0.6) is 0 Å².